The third-order valence-corrected chi connectivity index (χ3v) is 2.00. The van der Waals surface area contributed by atoms with Crippen LogP contribution in [0.4, 0.5) is 0 Å². The van der Waals surface area contributed by atoms with Crippen molar-refractivity contribution < 1.29 is 9.63 Å². The average Bonchev–Trinajstić information content (AvgIpc) is 2.13. The maximum Gasteiger partial charge on any atom is 0.247 e. The molecule has 0 aliphatic carbocycles. The number of amides is 1. The molecule has 15 heavy (non-hydrogen) atoms. The first kappa shape index (κ1) is 14.4. The zero-order chi connectivity index (χ0) is 11.8. The second kappa shape index (κ2) is 7.65. The van der Waals surface area contributed by atoms with Crippen molar-refractivity contribution in [2.24, 2.45) is 23.5 Å². The van der Waals surface area contributed by atoms with Crippen LogP contribution in [0.25, 0.3) is 0 Å². The van der Waals surface area contributed by atoms with Crippen LogP contribution in [0.3, 0.4) is 0 Å². The minimum atomic E-state index is -0.142. The van der Waals surface area contributed by atoms with Crippen LogP contribution in [0.2, 0.25) is 0 Å². The van der Waals surface area contributed by atoms with Crippen LogP contribution < -0.4 is 11.2 Å². The molecule has 90 valence electrons. The minimum absolute atomic E-state index is 0.105. The van der Waals surface area contributed by atoms with Gasteiger partial charge < -0.3 is 5.73 Å². The van der Waals surface area contributed by atoms with Gasteiger partial charge in [-0.25, -0.2) is 5.48 Å². The zero-order valence-corrected chi connectivity index (χ0v) is 10.2. The first-order chi connectivity index (χ1) is 6.97. The Morgan fingerprint density at radius 1 is 1.27 bits per heavy atom. The molecule has 4 heteroatoms. The number of hydrogen-bond acceptors (Lipinski definition) is 3. The van der Waals surface area contributed by atoms with Gasteiger partial charge in [-0.05, 0) is 18.3 Å². The number of carbonyl (C=O) groups is 1. The van der Waals surface area contributed by atoms with E-state index in [-0.39, 0.29) is 11.8 Å². The van der Waals surface area contributed by atoms with Crippen LogP contribution in [-0.2, 0) is 9.63 Å². The van der Waals surface area contributed by atoms with E-state index in [1.54, 1.807) is 0 Å². The number of hydroxylamine groups is 1. The van der Waals surface area contributed by atoms with E-state index in [2.05, 4.69) is 19.3 Å². The highest BCUT2D eigenvalue weighted by Gasteiger charge is 2.18. The lowest BCUT2D eigenvalue weighted by Gasteiger charge is -2.16. The van der Waals surface area contributed by atoms with Crippen molar-refractivity contribution in [1.29, 1.82) is 0 Å². The van der Waals surface area contributed by atoms with E-state index in [0.29, 0.717) is 25.0 Å². The van der Waals surface area contributed by atoms with Crippen molar-refractivity contribution in [3.8, 4) is 0 Å². The summed E-state index contributed by atoms with van der Waals surface area (Å²) in [6.07, 6.45) is 0.799. The summed E-state index contributed by atoms with van der Waals surface area (Å²) in [6, 6.07) is 0. The summed E-state index contributed by atoms with van der Waals surface area (Å²) in [5.41, 5.74) is 7.99. The number of nitrogens with one attached hydrogen (secondary N) is 1. The van der Waals surface area contributed by atoms with E-state index in [4.69, 9.17) is 10.6 Å². The number of hydrogen-bond donors (Lipinski definition) is 2. The minimum Gasteiger partial charge on any atom is -0.330 e. The molecule has 0 aliphatic heterocycles. The van der Waals surface area contributed by atoms with Crippen LogP contribution >= 0.6 is 0 Å². The Balaban J connectivity index is 3.83. The Kier molecular flexibility index (Phi) is 7.34. The number of rotatable bonds is 7. The molecule has 3 N–H and O–H groups in total. The maximum atomic E-state index is 11.6. The quantitative estimate of drug-likeness (QED) is 0.631. The molecule has 0 heterocycles. The lowest BCUT2D eigenvalue weighted by Crippen LogP contribution is -2.36. The van der Waals surface area contributed by atoms with Crippen LogP contribution in [0, 0.1) is 17.8 Å². The van der Waals surface area contributed by atoms with Crippen molar-refractivity contribution in [3.63, 3.8) is 0 Å². The van der Waals surface area contributed by atoms with Crippen LogP contribution in [0.15, 0.2) is 0 Å². The lowest BCUT2D eigenvalue weighted by atomic mass is 9.97. The largest absolute Gasteiger partial charge is 0.330 e. The zero-order valence-electron chi connectivity index (χ0n) is 10.2. The van der Waals surface area contributed by atoms with E-state index in [1.807, 2.05) is 13.8 Å². The molecule has 0 aromatic carbocycles. The van der Waals surface area contributed by atoms with E-state index < -0.39 is 0 Å². The molecule has 0 radical (unpaired) electrons. The third-order valence-electron chi connectivity index (χ3n) is 2.00. The normalized spacial score (nSPS) is 13.3. The molecule has 0 spiro atoms. The summed E-state index contributed by atoms with van der Waals surface area (Å²) in [5.74, 6) is 0.630. The van der Waals surface area contributed by atoms with Crippen molar-refractivity contribution >= 4 is 5.91 Å². The van der Waals surface area contributed by atoms with Crippen molar-refractivity contribution in [2.75, 3.05) is 13.2 Å². The molecule has 0 saturated carbocycles. The number of nitrogens with two attached hydrogens (primary N) is 1. The molecule has 1 unspecified atom stereocenters. The SMILES string of the molecule is CC(C)CONC(=O)C(CN)CC(C)C. The van der Waals surface area contributed by atoms with Crippen LogP contribution in [0.1, 0.15) is 34.1 Å². The average molecular weight is 216 g/mol. The third kappa shape index (κ3) is 7.33. The van der Waals surface area contributed by atoms with Crippen LogP contribution in [-0.4, -0.2) is 19.1 Å². The molecular weight excluding hydrogens is 192 g/mol. The summed E-state index contributed by atoms with van der Waals surface area (Å²) in [6.45, 7) is 9.11. The monoisotopic (exact) mass is 216 g/mol. The molecule has 0 bridgehead atoms. The Labute approximate surface area is 92.5 Å². The van der Waals surface area contributed by atoms with Gasteiger partial charge in [-0.3, -0.25) is 9.63 Å². The van der Waals surface area contributed by atoms with Gasteiger partial charge in [-0.15, -0.1) is 0 Å². The molecule has 0 rings (SSSR count). The molecule has 1 amide bonds. The van der Waals surface area contributed by atoms with E-state index in [9.17, 15) is 4.79 Å². The predicted octanol–water partition coefficient (Wildman–Crippen LogP) is 1.31. The van der Waals surface area contributed by atoms with Gasteiger partial charge in [0.25, 0.3) is 0 Å². The molecule has 1 atom stereocenters. The van der Waals surface area contributed by atoms with Crippen LogP contribution in [0.5, 0.6) is 0 Å². The molecule has 0 aromatic rings. The molecule has 0 aliphatic rings. The summed E-state index contributed by atoms with van der Waals surface area (Å²) in [4.78, 5) is 16.6. The molecule has 0 aromatic heterocycles. The van der Waals surface area contributed by atoms with Crippen molar-refractivity contribution in [3.05, 3.63) is 0 Å². The van der Waals surface area contributed by atoms with E-state index in [1.165, 1.54) is 0 Å². The molecule has 4 nitrogen and oxygen atoms in total. The van der Waals surface area contributed by atoms with Gasteiger partial charge in [0.15, 0.2) is 0 Å². The smallest absolute Gasteiger partial charge is 0.247 e. The fraction of sp³-hybridized carbons (Fsp3) is 0.909. The fourth-order valence-corrected chi connectivity index (χ4v) is 1.24. The Hall–Kier alpha value is -0.610. The van der Waals surface area contributed by atoms with E-state index in [0.717, 1.165) is 6.42 Å². The summed E-state index contributed by atoms with van der Waals surface area (Å²) >= 11 is 0. The summed E-state index contributed by atoms with van der Waals surface area (Å²) in [5, 5.41) is 0. The second-order valence-electron chi connectivity index (χ2n) is 4.73. The first-order valence-electron chi connectivity index (χ1n) is 5.59. The van der Waals surface area contributed by atoms with Gasteiger partial charge in [0, 0.05) is 6.54 Å². The first-order valence-corrected chi connectivity index (χ1v) is 5.59. The van der Waals surface area contributed by atoms with Gasteiger partial charge in [-0.2, -0.15) is 0 Å². The number of carbonyl (C=O) groups excluding carboxylic acids is 1. The summed E-state index contributed by atoms with van der Waals surface area (Å²) < 4.78 is 0. The summed E-state index contributed by atoms with van der Waals surface area (Å²) in [7, 11) is 0. The highest BCUT2D eigenvalue weighted by molar-refractivity contribution is 5.77. The van der Waals surface area contributed by atoms with Crippen molar-refractivity contribution in [1.82, 2.24) is 5.48 Å². The lowest BCUT2D eigenvalue weighted by molar-refractivity contribution is -0.138. The van der Waals surface area contributed by atoms with Gasteiger partial charge in [0.2, 0.25) is 5.91 Å². The molecule has 0 saturated heterocycles. The highest BCUT2D eigenvalue weighted by Crippen LogP contribution is 2.10. The predicted molar refractivity (Wildman–Crippen MR) is 60.9 cm³/mol. The van der Waals surface area contributed by atoms with E-state index >= 15 is 0 Å². The van der Waals surface area contributed by atoms with Gasteiger partial charge in [-0.1, -0.05) is 27.7 Å². The van der Waals surface area contributed by atoms with Gasteiger partial charge >= 0.3 is 0 Å². The Morgan fingerprint density at radius 3 is 2.27 bits per heavy atom. The van der Waals surface area contributed by atoms with Gasteiger partial charge in [0.05, 0.1) is 12.5 Å². The van der Waals surface area contributed by atoms with Crippen molar-refractivity contribution in [2.45, 2.75) is 34.1 Å². The fourth-order valence-electron chi connectivity index (χ4n) is 1.24. The Morgan fingerprint density at radius 2 is 1.87 bits per heavy atom. The highest BCUT2D eigenvalue weighted by atomic mass is 16.6. The topological polar surface area (TPSA) is 64.3 Å². The standard InChI is InChI=1S/C11H24N2O2/c1-8(2)5-10(6-12)11(14)13-15-7-9(3)4/h8-10H,5-7,12H2,1-4H3,(H,13,14). The van der Waals surface area contributed by atoms with Gasteiger partial charge in [0.1, 0.15) is 0 Å². The maximum absolute atomic E-state index is 11.6. The second-order valence-corrected chi connectivity index (χ2v) is 4.73. The Bertz CT molecular complexity index is 181. The molecular formula is C11H24N2O2. The molecule has 0 fully saturated rings.